The van der Waals surface area contributed by atoms with Crippen molar-refractivity contribution in [3.05, 3.63) is 47.4 Å². The van der Waals surface area contributed by atoms with E-state index in [1.165, 1.54) is 12.3 Å². The van der Waals surface area contributed by atoms with Crippen molar-refractivity contribution in [1.29, 1.82) is 0 Å². The standard InChI is InChI=1S/C11H5ClF2N4/c12-9-11-17-16-10(18(11)4-3-15-9)6-1-2-7(13)8(14)5-6/h1-5H. The molecule has 0 bridgehead atoms. The number of hydrogen-bond donors (Lipinski definition) is 0. The molecule has 90 valence electrons. The predicted octanol–water partition coefficient (Wildman–Crippen LogP) is 2.72. The Morgan fingerprint density at radius 1 is 1.11 bits per heavy atom. The number of rotatable bonds is 1. The molecule has 0 atom stereocenters. The maximum atomic E-state index is 13.2. The molecule has 3 rings (SSSR count). The van der Waals surface area contributed by atoms with Crippen molar-refractivity contribution < 1.29 is 8.78 Å². The van der Waals surface area contributed by atoms with E-state index in [1.807, 2.05) is 0 Å². The van der Waals surface area contributed by atoms with Crippen molar-refractivity contribution in [3.8, 4) is 11.4 Å². The fourth-order valence-corrected chi connectivity index (χ4v) is 1.81. The average molecular weight is 267 g/mol. The first-order valence-corrected chi connectivity index (χ1v) is 5.35. The first-order valence-electron chi connectivity index (χ1n) is 4.97. The Labute approximate surface area is 105 Å². The Morgan fingerprint density at radius 2 is 1.94 bits per heavy atom. The molecule has 0 unspecified atom stereocenters. The van der Waals surface area contributed by atoms with Gasteiger partial charge in [0.05, 0.1) is 0 Å². The molecule has 2 aromatic heterocycles. The molecular formula is C11H5ClF2N4. The van der Waals surface area contributed by atoms with E-state index < -0.39 is 11.6 Å². The lowest BCUT2D eigenvalue weighted by atomic mass is 10.2. The van der Waals surface area contributed by atoms with Crippen LogP contribution < -0.4 is 0 Å². The van der Waals surface area contributed by atoms with Crippen LogP contribution in [0, 0.1) is 11.6 Å². The van der Waals surface area contributed by atoms with E-state index in [1.54, 1.807) is 10.6 Å². The van der Waals surface area contributed by atoms with Crippen LogP contribution in [0.4, 0.5) is 8.78 Å². The molecule has 0 spiro atoms. The summed E-state index contributed by atoms with van der Waals surface area (Å²) in [5.41, 5.74) is 0.766. The summed E-state index contributed by atoms with van der Waals surface area (Å²) >= 11 is 5.85. The van der Waals surface area contributed by atoms with Gasteiger partial charge in [-0.15, -0.1) is 10.2 Å². The Morgan fingerprint density at radius 3 is 2.72 bits per heavy atom. The third-order valence-corrected chi connectivity index (χ3v) is 2.73. The van der Waals surface area contributed by atoms with Crippen LogP contribution in [0.25, 0.3) is 17.0 Å². The van der Waals surface area contributed by atoms with Crippen LogP contribution in [0.3, 0.4) is 0 Å². The molecule has 0 saturated heterocycles. The smallest absolute Gasteiger partial charge is 0.198 e. The Hall–Kier alpha value is -2.08. The zero-order valence-corrected chi connectivity index (χ0v) is 9.57. The van der Waals surface area contributed by atoms with Crippen LogP contribution in [-0.4, -0.2) is 19.6 Å². The minimum atomic E-state index is -0.940. The summed E-state index contributed by atoms with van der Waals surface area (Å²) < 4.78 is 27.6. The van der Waals surface area contributed by atoms with Gasteiger partial charge in [-0.3, -0.25) is 4.40 Å². The van der Waals surface area contributed by atoms with Crippen LogP contribution in [0.2, 0.25) is 5.15 Å². The summed E-state index contributed by atoms with van der Waals surface area (Å²) in [4.78, 5) is 3.85. The van der Waals surface area contributed by atoms with Gasteiger partial charge < -0.3 is 0 Å². The Bertz CT molecular complexity index is 741. The minimum absolute atomic E-state index is 0.193. The number of fused-ring (bicyclic) bond motifs is 1. The molecule has 7 heteroatoms. The molecule has 0 aliphatic heterocycles. The largest absolute Gasteiger partial charge is 0.278 e. The number of nitrogens with zero attached hydrogens (tertiary/aromatic N) is 4. The second-order valence-corrected chi connectivity index (χ2v) is 3.92. The van der Waals surface area contributed by atoms with Crippen LogP contribution in [0.15, 0.2) is 30.6 Å². The lowest BCUT2D eigenvalue weighted by molar-refractivity contribution is 0.509. The molecule has 2 heterocycles. The van der Waals surface area contributed by atoms with Crippen molar-refractivity contribution in [1.82, 2.24) is 19.6 Å². The van der Waals surface area contributed by atoms with Gasteiger partial charge in [-0.1, -0.05) is 11.6 Å². The van der Waals surface area contributed by atoms with E-state index in [-0.39, 0.29) is 5.15 Å². The summed E-state index contributed by atoms with van der Waals surface area (Å²) in [6.45, 7) is 0. The molecule has 3 aromatic rings. The Balaban J connectivity index is 2.25. The highest BCUT2D eigenvalue weighted by atomic mass is 35.5. The van der Waals surface area contributed by atoms with E-state index in [9.17, 15) is 8.78 Å². The number of halogens is 3. The highest BCUT2D eigenvalue weighted by Gasteiger charge is 2.12. The van der Waals surface area contributed by atoms with Gasteiger partial charge in [0.25, 0.3) is 0 Å². The lowest BCUT2D eigenvalue weighted by Crippen LogP contribution is -1.92. The third-order valence-electron chi connectivity index (χ3n) is 2.46. The summed E-state index contributed by atoms with van der Waals surface area (Å²) in [6, 6.07) is 3.51. The average Bonchev–Trinajstić information content (AvgIpc) is 2.78. The van der Waals surface area contributed by atoms with Crippen LogP contribution in [0.1, 0.15) is 0 Å². The molecule has 0 fully saturated rings. The molecular weight excluding hydrogens is 262 g/mol. The summed E-state index contributed by atoms with van der Waals surface area (Å²) in [7, 11) is 0. The second-order valence-electron chi connectivity index (χ2n) is 3.56. The number of benzene rings is 1. The molecule has 0 radical (unpaired) electrons. The van der Waals surface area contributed by atoms with Gasteiger partial charge in [0.1, 0.15) is 0 Å². The minimum Gasteiger partial charge on any atom is -0.278 e. The van der Waals surface area contributed by atoms with Gasteiger partial charge in [0, 0.05) is 18.0 Å². The second kappa shape index (κ2) is 3.99. The first kappa shape index (κ1) is 11.0. The van der Waals surface area contributed by atoms with Crippen molar-refractivity contribution in [2.45, 2.75) is 0 Å². The van der Waals surface area contributed by atoms with Gasteiger partial charge in [0.15, 0.2) is 28.3 Å². The normalized spacial score (nSPS) is 11.1. The third kappa shape index (κ3) is 1.62. The van der Waals surface area contributed by atoms with Crippen LogP contribution in [-0.2, 0) is 0 Å². The molecule has 0 amide bonds. The zero-order valence-electron chi connectivity index (χ0n) is 8.81. The van der Waals surface area contributed by atoms with Gasteiger partial charge >= 0.3 is 0 Å². The van der Waals surface area contributed by atoms with Crippen molar-refractivity contribution >= 4 is 17.2 Å². The van der Waals surface area contributed by atoms with E-state index >= 15 is 0 Å². The molecule has 0 aliphatic carbocycles. The van der Waals surface area contributed by atoms with E-state index in [0.717, 1.165) is 12.1 Å². The van der Waals surface area contributed by atoms with Gasteiger partial charge in [0.2, 0.25) is 0 Å². The number of aromatic nitrogens is 4. The molecule has 1 aromatic carbocycles. The quantitative estimate of drug-likeness (QED) is 0.680. The fourth-order valence-electron chi connectivity index (χ4n) is 1.63. The molecule has 4 nitrogen and oxygen atoms in total. The van der Waals surface area contributed by atoms with Gasteiger partial charge in [-0.05, 0) is 18.2 Å². The van der Waals surface area contributed by atoms with E-state index in [2.05, 4.69) is 15.2 Å². The maximum Gasteiger partial charge on any atom is 0.198 e. The Kier molecular flexibility index (Phi) is 2.45. The lowest BCUT2D eigenvalue weighted by Gasteiger charge is -2.00. The topological polar surface area (TPSA) is 43.1 Å². The van der Waals surface area contributed by atoms with Gasteiger partial charge in [-0.25, -0.2) is 13.8 Å². The van der Waals surface area contributed by atoms with Crippen molar-refractivity contribution in [2.24, 2.45) is 0 Å². The molecule has 0 saturated carbocycles. The van der Waals surface area contributed by atoms with Gasteiger partial charge in [-0.2, -0.15) is 0 Å². The summed E-state index contributed by atoms with van der Waals surface area (Å²) in [6.07, 6.45) is 3.07. The van der Waals surface area contributed by atoms with E-state index in [0.29, 0.717) is 17.0 Å². The monoisotopic (exact) mass is 266 g/mol. The van der Waals surface area contributed by atoms with E-state index in [4.69, 9.17) is 11.6 Å². The highest BCUT2D eigenvalue weighted by molar-refractivity contribution is 6.32. The summed E-state index contributed by atoms with van der Waals surface area (Å²) in [5, 5.41) is 7.94. The predicted molar refractivity (Wildman–Crippen MR) is 61.1 cm³/mol. The molecule has 18 heavy (non-hydrogen) atoms. The SMILES string of the molecule is Fc1ccc(-c2nnc3c(Cl)nccn23)cc1F. The first-order chi connectivity index (χ1) is 8.66. The van der Waals surface area contributed by atoms with Crippen molar-refractivity contribution in [2.75, 3.05) is 0 Å². The summed E-state index contributed by atoms with van der Waals surface area (Å²) in [5.74, 6) is -1.48. The van der Waals surface area contributed by atoms with Crippen LogP contribution >= 0.6 is 11.6 Å². The molecule has 0 aliphatic rings. The maximum absolute atomic E-state index is 13.2. The van der Waals surface area contributed by atoms with Crippen LogP contribution in [0.5, 0.6) is 0 Å². The fraction of sp³-hybridized carbons (Fsp3) is 0. The number of hydrogen-bond acceptors (Lipinski definition) is 3. The highest BCUT2D eigenvalue weighted by Crippen LogP contribution is 2.22. The molecule has 0 N–H and O–H groups in total. The zero-order chi connectivity index (χ0) is 12.7. The van der Waals surface area contributed by atoms with Crippen molar-refractivity contribution in [3.63, 3.8) is 0 Å².